The first kappa shape index (κ1) is 12.4. The van der Waals surface area contributed by atoms with E-state index in [9.17, 15) is 9.36 Å². The summed E-state index contributed by atoms with van der Waals surface area (Å²) in [6.07, 6.45) is 1.98. The van der Waals surface area contributed by atoms with Crippen molar-refractivity contribution in [1.29, 1.82) is 0 Å². The normalized spacial score (nSPS) is 14.6. The van der Waals surface area contributed by atoms with Crippen molar-refractivity contribution >= 4 is 13.3 Å². The smallest absolute Gasteiger partial charge is 0.435 e. The van der Waals surface area contributed by atoms with E-state index in [1.807, 2.05) is 0 Å². The Bertz CT molecular complexity index is 225. The molecule has 1 atom stereocenters. The predicted octanol–water partition coefficient (Wildman–Crippen LogP) is 1.92. The minimum atomic E-state index is -4.22. The quantitative estimate of drug-likeness (QED) is 0.410. The van der Waals surface area contributed by atoms with E-state index in [4.69, 9.17) is 4.89 Å². The van der Waals surface area contributed by atoms with Crippen molar-refractivity contribution in [1.82, 2.24) is 0 Å². The Labute approximate surface area is 76.9 Å². The molecule has 0 aliphatic rings. The van der Waals surface area contributed by atoms with Crippen molar-refractivity contribution < 1.29 is 23.5 Å². The predicted molar refractivity (Wildman–Crippen MR) is 47.6 cm³/mol. The third-order valence-corrected chi connectivity index (χ3v) is 2.28. The molecule has 0 aliphatic carbocycles. The van der Waals surface area contributed by atoms with E-state index in [0.29, 0.717) is 6.42 Å². The minimum absolute atomic E-state index is 0.00959. The molecule has 6 heteroatoms. The van der Waals surface area contributed by atoms with Gasteiger partial charge >= 0.3 is 13.3 Å². The molecule has 0 heterocycles. The van der Waals surface area contributed by atoms with Crippen LogP contribution in [0.2, 0.25) is 0 Å². The highest BCUT2D eigenvalue weighted by atomic mass is 31.2. The molecule has 1 unspecified atom stereocenters. The molecule has 0 aromatic rings. The third-order valence-electron chi connectivity index (χ3n) is 1.08. The van der Waals surface area contributed by atoms with Crippen LogP contribution in [0.25, 0.3) is 0 Å². The summed E-state index contributed by atoms with van der Waals surface area (Å²) in [4.78, 5) is 19.8. The Balaban J connectivity index is 3.94. The zero-order chi connectivity index (χ0) is 10.3. The van der Waals surface area contributed by atoms with Gasteiger partial charge < -0.3 is 14.2 Å². The van der Waals surface area contributed by atoms with Gasteiger partial charge in [0.15, 0.2) is 0 Å². The van der Waals surface area contributed by atoms with Gasteiger partial charge in [-0.3, -0.25) is 0 Å². The molecule has 0 rings (SSSR count). The summed E-state index contributed by atoms with van der Waals surface area (Å²) in [6, 6.07) is 0. The summed E-state index contributed by atoms with van der Waals surface area (Å²) in [5, 5.41) is 0. The molecule has 0 amide bonds. The molecule has 0 saturated carbocycles. The second-order valence-corrected chi connectivity index (χ2v) is 3.79. The van der Waals surface area contributed by atoms with Gasteiger partial charge in [0.2, 0.25) is 0 Å². The van der Waals surface area contributed by atoms with Crippen molar-refractivity contribution in [2.75, 3.05) is 13.2 Å². The van der Waals surface area contributed by atoms with Gasteiger partial charge in [-0.15, -0.1) is 6.58 Å². The molecule has 1 N–H and O–H groups in total. The SMILES string of the molecule is C=CCCOC(=O)P(=O)(O)OCC. The van der Waals surface area contributed by atoms with Gasteiger partial charge in [-0.2, -0.15) is 0 Å². The highest BCUT2D eigenvalue weighted by Crippen LogP contribution is 2.43. The largest absolute Gasteiger partial charge is 0.456 e. The van der Waals surface area contributed by atoms with Crippen LogP contribution >= 0.6 is 7.60 Å². The number of carbonyl (C=O) groups is 1. The van der Waals surface area contributed by atoms with E-state index in [2.05, 4.69) is 15.8 Å². The maximum absolute atomic E-state index is 10.9. The van der Waals surface area contributed by atoms with Crippen LogP contribution in [-0.2, 0) is 13.8 Å². The van der Waals surface area contributed by atoms with Crippen LogP contribution in [0.1, 0.15) is 13.3 Å². The van der Waals surface area contributed by atoms with Crippen molar-refractivity contribution in [3.8, 4) is 0 Å². The first-order valence-electron chi connectivity index (χ1n) is 3.80. The van der Waals surface area contributed by atoms with Gasteiger partial charge in [-0.25, -0.2) is 9.36 Å². The highest BCUT2D eigenvalue weighted by molar-refractivity contribution is 7.70. The van der Waals surface area contributed by atoms with E-state index in [-0.39, 0.29) is 13.2 Å². The molecule has 0 saturated heterocycles. The van der Waals surface area contributed by atoms with Crippen molar-refractivity contribution in [2.24, 2.45) is 0 Å². The van der Waals surface area contributed by atoms with Gasteiger partial charge in [0.1, 0.15) is 0 Å². The van der Waals surface area contributed by atoms with E-state index < -0.39 is 13.3 Å². The minimum Gasteiger partial charge on any atom is -0.456 e. The van der Waals surface area contributed by atoms with Crippen LogP contribution in [0.3, 0.4) is 0 Å². The molecule has 0 spiro atoms. The summed E-state index contributed by atoms with van der Waals surface area (Å²) in [7, 11) is -4.22. The van der Waals surface area contributed by atoms with Crippen LogP contribution in [0.5, 0.6) is 0 Å². The first-order chi connectivity index (χ1) is 6.04. The van der Waals surface area contributed by atoms with Gasteiger partial charge in [-0.05, 0) is 13.3 Å². The Morgan fingerprint density at radius 2 is 2.31 bits per heavy atom. The zero-order valence-electron chi connectivity index (χ0n) is 7.43. The lowest BCUT2D eigenvalue weighted by molar-refractivity contribution is 0.159. The van der Waals surface area contributed by atoms with Crippen LogP contribution in [0.15, 0.2) is 12.7 Å². The van der Waals surface area contributed by atoms with Gasteiger partial charge in [-0.1, -0.05) is 6.08 Å². The van der Waals surface area contributed by atoms with Crippen LogP contribution in [-0.4, -0.2) is 23.8 Å². The van der Waals surface area contributed by atoms with E-state index in [1.165, 1.54) is 13.0 Å². The van der Waals surface area contributed by atoms with E-state index in [0.717, 1.165) is 0 Å². The molecular formula is C7H13O5P. The lowest BCUT2D eigenvalue weighted by Gasteiger charge is -2.08. The van der Waals surface area contributed by atoms with Crippen LogP contribution in [0.4, 0.5) is 4.79 Å². The summed E-state index contributed by atoms with van der Waals surface area (Å²) >= 11 is 0. The van der Waals surface area contributed by atoms with Crippen molar-refractivity contribution in [3.05, 3.63) is 12.7 Å². The van der Waals surface area contributed by atoms with E-state index >= 15 is 0 Å². The molecule has 13 heavy (non-hydrogen) atoms. The van der Waals surface area contributed by atoms with Crippen LogP contribution in [0, 0.1) is 0 Å². The fourth-order valence-corrected chi connectivity index (χ4v) is 1.25. The Morgan fingerprint density at radius 3 is 2.77 bits per heavy atom. The van der Waals surface area contributed by atoms with Gasteiger partial charge in [0.05, 0.1) is 13.2 Å². The molecule has 76 valence electrons. The number of ether oxygens (including phenoxy) is 1. The second-order valence-electron chi connectivity index (χ2n) is 2.13. The fraction of sp³-hybridized carbons (Fsp3) is 0.571. The summed E-state index contributed by atoms with van der Waals surface area (Å²) < 4.78 is 19.7. The maximum Gasteiger partial charge on any atom is 0.435 e. The average molecular weight is 208 g/mol. The molecule has 0 aromatic carbocycles. The first-order valence-corrected chi connectivity index (χ1v) is 5.38. The summed E-state index contributed by atoms with van der Waals surface area (Å²) in [5.41, 5.74) is -1.21. The molecule has 0 fully saturated rings. The van der Waals surface area contributed by atoms with E-state index in [1.54, 1.807) is 0 Å². The molecular weight excluding hydrogens is 195 g/mol. The highest BCUT2D eigenvalue weighted by Gasteiger charge is 2.31. The Morgan fingerprint density at radius 1 is 1.69 bits per heavy atom. The number of hydrogen-bond acceptors (Lipinski definition) is 4. The van der Waals surface area contributed by atoms with Gasteiger partial charge in [0, 0.05) is 0 Å². The molecule has 5 nitrogen and oxygen atoms in total. The number of rotatable bonds is 6. The molecule has 0 bridgehead atoms. The number of hydrogen-bond donors (Lipinski definition) is 1. The topological polar surface area (TPSA) is 72.8 Å². The van der Waals surface area contributed by atoms with Crippen molar-refractivity contribution in [3.63, 3.8) is 0 Å². The lowest BCUT2D eigenvalue weighted by atomic mass is 10.5. The maximum atomic E-state index is 10.9. The Kier molecular flexibility index (Phi) is 5.62. The fourth-order valence-electron chi connectivity index (χ4n) is 0.539. The lowest BCUT2D eigenvalue weighted by Crippen LogP contribution is -2.06. The molecule has 0 radical (unpaired) electrons. The Hall–Kier alpha value is -0.640. The third kappa shape index (κ3) is 4.83. The standard InChI is InChI=1S/C7H13O5P/c1-3-5-6-11-7(8)13(9,10)12-4-2/h3H,1,4-6H2,2H3,(H,9,10). The van der Waals surface area contributed by atoms with Gasteiger partial charge in [0.25, 0.3) is 0 Å². The summed E-state index contributed by atoms with van der Waals surface area (Å²) in [5.74, 6) is 0. The summed E-state index contributed by atoms with van der Waals surface area (Å²) in [6.45, 7) is 4.95. The number of carbonyl (C=O) groups excluding carboxylic acids is 1. The second kappa shape index (κ2) is 5.91. The molecule has 0 aromatic heterocycles. The monoisotopic (exact) mass is 208 g/mol. The van der Waals surface area contributed by atoms with Crippen molar-refractivity contribution in [2.45, 2.75) is 13.3 Å². The van der Waals surface area contributed by atoms with Crippen LogP contribution < -0.4 is 0 Å². The molecule has 0 aliphatic heterocycles. The average Bonchev–Trinajstić information content (AvgIpc) is 2.04. The zero-order valence-corrected chi connectivity index (χ0v) is 8.33.